The minimum Gasteiger partial charge on any atom is -0.484 e. The highest BCUT2D eigenvalue weighted by Gasteiger charge is 2.30. The summed E-state index contributed by atoms with van der Waals surface area (Å²) in [5.74, 6) is -2.41. The van der Waals surface area contributed by atoms with Crippen molar-refractivity contribution in [2.24, 2.45) is 0 Å². The van der Waals surface area contributed by atoms with Crippen LogP contribution < -0.4 is 20.3 Å². The summed E-state index contributed by atoms with van der Waals surface area (Å²) in [6, 6.07) is 8.11. The second kappa shape index (κ2) is 10.3. The van der Waals surface area contributed by atoms with E-state index in [2.05, 4.69) is 19.6 Å². The molecule has 14 heteroatoms. The van der Waals surface area contributed by atoms with E-state index in [0.717, 1.165) is 12.1 Å². The van der Waals surface area contributed by atoms with Crippen LogP contribution in [-0.2, 0) is 4.84 Å². The number of alkyl halides is 6. The summed E-state index contributed by atoms with van der Waals surface area (Å²) >= 11 is 5.69. The number of carbonyl (C=O) groups is 2. The number of amides is 2. The van der Waals surface area contributed by atoms with Crippen LogP contribution in [0.3, 0.4) is 0 Å². The van der Waals surface area contributed by atoms with Gasteiger partial charge in [0.15, 0.2) is 13.2 Å². The van der Waals surface area contributed by atoms with Gasteiger partial charge in [-0.2, -0.15) is 31.8 Å². The van der Waals surface area contributed by atoms with E-state index in [1.165, 1.54) is 24.3 Å². The van der Waals surface area contributed by atoms with Gasteiger partial charge >= 0.3 is 18.4 Å². The lowest BCUT2D eigenvalue weighted by molar-refractivity contribution is -0.154. The van der Waals surface area contributed by atoms with Gasteiger partial charge in [-0.25, -0.2) is 4.79 Å². The molecular weight excluding hydrogens is 474 g/mol. The maximum absolute atomic E-state index is 12.4. The summed E-state index contributed by atoms with van der Waals surface area (Å²) in [4.78, 5) is 28.5. The van der Waals surface area contributed by atoms with Crippen molar-refractivity contribution in [3.63, 3.8) is 0 Å². The smallest absolute Gasteiger partial charge is 0.436 e. The van der Waals surface area contributed by atoms with E-state index in [9.17, 15) is 35.9 Å². The molecule has 2 amide bonds. The molecule has 0 aliphatic heterocycles. The van der Waals surface area contributed by atoms with E-state index in [4.69, 9.17) is 11.6 Å². The lowest BCUT2D eigenvalue weighted by atomic mass is 10.2. The van der Waals surface area contributed by atoms with Gasteiger partial charge in [0.25, 0.3) is 5.91 Å². The third-order valence-corrected chi connectivity index (χ3v) is 3.57. The Bertz CT molecular complexity index is 950. The summed E-state index contributed by atoms with van der Waals surface area (Å²) in [5.41, 5.74) is 1.22. The molecule has 0 bridgehead atoms. The summed E-state index contributed by atoms with van der Waals surface area (Å²) in [7, 11) is 0. The van der Waals surface area contributed by atoms with Crippen LogP contribution in [0.2, 0.25) is 5.02 Å². The van der Waals surface area contributed by atoms with Gasteiger partial charge in [-0.3, -0.25) is 10.1 Å². The van der Waals surface area contributed by atoms with Crippen molar-refractivity contribution in [3.05, 3.63) is 53.1 Å². The van der Waals surface area contributed by atoms with E-state index in [1.807, 2.05) is 0 Å². The Labute approximate surface area is 181 Å². The Morgan fingerprint density at radius 1 is 0.875 bits per heavy atom. The van der Waals surface area contributed by atoms with E-state index in [-0.39, 0.29) is 5.69 Å². The van der Waals surface area contributed by atoms with Gasteiger partial charge in [-0.1, -0.05) is 11.6 Å². The third kappa shape index (κ3) is 8.79. The number of halogens is 7. The maximum atomic E-state index is 12.4. The van der Waals surface area contributed by atoms with Crippen LogP contribution in [0, 0.1) is 0 Å². The third-order valence-electron chi connectivity index (χ3n) is 3.32. The lowest BCUT2D eigenvalue weighted by Gasteiger charge is -2.15. The molecule has 0 heterocycles. The lowest BCUT2D eigenvalue weighted by Crippen LogP contribution is -2.30. The molecule has 0 radical (unpaired) electrons. The quantitative estimate of drug-likeness (QED) is 0.437. The SMILES string of the molecule is O=C(Nc1ccc(Cl)cc1)ONC(=O)c1cc(OCC(F)(F)F)ccc1OCC(F)(F)F. The zero-order valence-corrected chi connectivity index (χ0v) is 16.4. The van der Waals surface area contributed by atoms with Crippen molar-refractivity contribution in [2.45, 2.75) is 12.4 Å². The summed E-state index contributed by atoms with van der Waals surface area (Å²) in [6.07, 6.45) is -10.6. The average Bonchev–Trinajstić information content (AvgIpc) is 2.69. The van der Waals surface area contributed by atoms with Crippen LogP contribution in [0.1, 0.15) is 10.4 Å². The second-order valence-electron chi connectivity index (χ2n) is 5.92. The standard InChI is InChI=1S/C18H13ClF6N2O5/c19-10-1-3-11(4-2-10)26-16(29)32-27-15(28)13-7-12(30-8-17(20,21)22)5-6-14(13)31-9-18(23,24)25/h1-7H,8-9H2,(H,26,29)(H,27,28). The molecule has 174 valence electrons. The first kappa shape index (κ1) is 24.9. The van der Waals surface area contributed by atoms with Gasteiger partial charge in [0.1, 0.15) is 11.5 Å². The first-order valence-electron chi connectivity index (χ1n) is 8.39. The number of carbonyl (C=O) groups excluding carboxylic acids is 2. The number of hydrogen-bond donors (Lipinski definition) is 2. The molecule has 0 saturated carbocycles. The predicted octanol–water partition coefficient (Wildman–Crippen LogP) is 5.12. The average molecular weight is 487 g/mol. The minimum absolute atomic E-state index is 0.241. The van der Waals surface area contributed by atoms with Gasteiger partial charge in [0.05, 0.1) is 5.56 Å². The monoisotopic (exact) mass is 486 g/mol. The highest BCUT2D eigenvalue weighted by Crippen LogP contribution is 2.28. The van der Waals surface area contributed by atoms with Crippen LogP contribution in [0.15, 0.2) is 42.5 Å². The highest BCUT2D eigenvalue weighted by molar-refractivity contribution is 6.30. The van der Waals surface area contributed by atoms with Crippen molar-refractivity contribution in [2.75, 3.05) is 18.5 Å². The second-order valence-corrected chi connectivity index (χ2v) is 6.35. The van der Waals surface area contributed by atoms with Crippen LogP contribution in [0.4, 0.5) is 36.8 Å². The molecule has 0 aliphatic rings. The fraction of sp³-hybridized carbons (Fsp3) is 0.222. The van der Waals surface area contributed by atoms with Gasteiger partial charge in [-0.05, 0) is 42.5 Å². The normalized spacial score (nSPS) is 11.5. The summed E-state index contributed by atoms with van der Waals surface area (Å²) in [6.45, 7) is -3.50. The molecule has 0 saturated heterocycles. The summed E-state index contributed by atoms with van der Waals surface area (Å²) in [5, 5.41) is 2.61. The number of anilines is 1. The number of benzene rings is 2. The first-order chi connectivity index (χ1) is 14.8. The van der Waals surface area contributed by atoms with Crippen LogP contribution in [0.5, 0.6) is 11.5 Å². The molecule has 32 heavy (non-hydrogen) atoms. The van der Waals surface area contributed by atoms with Crippen molar-refractivity contribution in [1.82, 2.24) is 5.48 Å². The van der Waals surface area contributed by atoms with Gasteiger partial charge in [0, 0.05) is 10.7 Å². The van der Waals surface area contributed by atoms with Gasteiger partial charge < -0.3 is 14.3 Å². The maximum Gasteiger partial charge on any atom is 0.436 e. The Hall–Kier alpha value is -3.35. The number of rotatable bonds is 6. The van der Waals surface area contributed by atoms with Crippen molar-refractivity contribution in [1.29, 1.82) is 0 Å². The molecular formula is C18H13ClF6N2O5. The molecule has 0 spiro atoms. The molecule has 2 N–H and O–H groups in total. The van der Waals surface area contributed by atoms with Crippen LogP contribution >= 0.6 is 11.6 Å². The summed E-state index contributed by atoms with van der Waals surface area (Å²) < 4.78 is 83.2. The Kier molecular flexibility index (Phi) is 8.02. The number of hydrogen-bond acceptors (Lipinski definition) is 5. The molecule has 2 aromatic carbocycles. The van der Waals surface area contributed by atoms with E-state index >= 15 is 0 Å². The number of ether oxygens (including phenoxy) is 2. The fourth-order valence-corrected chi connectivity index (χ4v) is 2.18. The predicted molar refractivity (Wildman–Crippen MR) is 98.6 cm³/mol. The van der Waals surface area contributed by atoms with E-state index in [0.29, 0.717) is 11.1 Å². The Morgan fingerprint density at radius 2 is 1.47 bits per heavy atom. The molecule has 0 aromatic heterocycles. The topological polar surface area (TPSA) is 85.9 Å². The number of nitrogens with one attached hydrogen (secondary N) is 2. The molecule has 2 rings (SSSR count). The fourth-order valence-electron chi connectivity index (χ4n) is 2.05. The first-order valence-corrected chi connectivity index (χ1v) is 8.77. The van der Waals surface area contributed by atoms with Crippen molar-refractivity contribution >= 4 is 29.3 Å². The van der Waals surface area contributed by atoms with Gasteiger partial charge in [0.2, 0.25) is 0 Å². The molecule has 0 unspecified atom stereocenters. The Balaban J connectivity index is 2.10. The van der Waals surface area contributed by atoms with Crippen LogP contribution in [0.25, 0.3) is 0 Å². The van der Waals surface area contributed by atoms with Crippen molar-refractivity contribution in [3.8, 4) is 11.5 Å². The highest BCUT2D eigenvalue weighted by atomic mass is 35.5. The zero-order valence-electron chi connectivity index (χ0n) is 15.6. The van der Waals surface area contributed by atoms with E-state index in [1.54, 1.807) is 5.48 Å². The molecule has 0 aliphatic carbocycles. The molecule has 7 nitrogen and oxygen atoms in total. The van der Waals surface area contributed by atoms with Crippen molar-refractivity contribution < 1.29 is 50.2 Å². The van der Waals surface area contributed by atoms with Gasteiger partial charge in [-0.15, -0.1) is 0 Å². The number of hydroxylamine groups is 1. The molecule has 2 aromatic rings. The minimum atomic E-state index is -4.76. The Morgan fingerprint density at radius 3 is 2.06 bits per heavy atom. The van der Waals surface area contributed by atoms with Crippen LogP contribution in [-0.4, -0.2) is 37.6 Å². The molecule has 0 atom stereocenters. The zero-order chi connectivity index (χ0) is 23.9. The molecule has 0 fully saturated rings. The largest absolute Gasteiger partial charge is 0.484 e. The van der Waals surface area contributed by atoms with E-state index < -0.39 is 54.6 Å².